The number of carbonyl (C=O) groups is 1. The average Bonchev–Trinajstić information content (AvgIpc) is 2.48. The number of rotatable bonds is 5. The second-order valence-corrected chi connectivity index (χ2v) is 6.04. The summed E-state index contributed by atoms with van der Waals surface area (Å²) in [6.07, 6.45) is 3.56. The van der Waals surface area contributed by atoms with Gasteiger partial charge in [0.15, 0.2) is 0 Å². The molecule has 2 unspecified atom stereocenters. The lowest BCUT2D eigenvalue weighted by molar-refractivity contribution is -0.142. The summed E-state index contributed by atoms with van der Waals surface area (Å²) >= 11 is 0. The van der Waals surface area contributed by atoms with E-state index in [1.54, 1.807) is 0 Å². The molecule has 0 saturated heterocycles. The Hall–Kier alpha value is -1.35. The fourth-order valence-electron chi connectivity index (χ4n) is 3.07. The van der Waals surface area contributed by atoms with Gasteiger partial charge in [-0.1, -0.05) is 37.3 Å². The smallest absolute Gasteiger partial charge is 0.306 e. The predicted octanol–water partition coefficient (Wildman–Crippen LogP) is 3.41. The van der Waals surface area contributed by atoms with Gasteiger partial charge in [0.1, 0.15) is 0 Å². The second kappa shape index (κ2) is 6.89. The number of benzene rings is 1. The maximum absolute atomic E-state index is 11.0. The zero-order chi connectivity index (χ0) is 14.5. The van der Waals surface area contributed by atoms with E-state index in [9.17, 15) is 4.79 Å². The molecule has 2 atom stereocenters. The molecule has 20 heavy (non-hydrogen) atoms. The maximum Gasteiger partial charge on any atom is 0.306 e. The van der Waals surface area contributed by atoms with Gasteiger partial charge in [-0.05, 0) is 44.1 Å². The lowest BCUT2D eigenvalue weighted by atomic mass is 9.85. The number of carboxylic acid groups (broad SMARTS) is 1. The molecule has 1 saturated carbocycles. The van der Waals surface area contributed by atoms with E-state index in [2.05, 4.69) is 43.4 Å². The molecule has 1 fully saturated rings. The Kier molecular flexibility index (Phi) is 5.18. The third-order valence-corrected chi connectivity index (χ3v) is 4.65. The number of aliphatic carboxylic acids is 1. The van der Waals surface area contributed by atoms with Gasteiger partial charge in [-0.25, -0.2) is 0 Å². The number of carboxylic acids is 1. The van der Waals surface area contributed by atoms with E-state index in [-0.39, 0.29) is 5.92 Å². The summed E-state index contributed by atoms with van der Waals surface area (Å²) in [6.45, 7) is 4.47. The van der Waals surface area contributed by atoms with E-state index in [0.29, 0.717) is 18.0 Å². The molecule has 2 rings (SSSR count). The van der Waals surface area contributed by atoms with Crippen LogP contribution in [0.3, 0.4) is 0 Å². The highest BCUT2D eigenvalue weighted by Gasteiger charge is 2.27. The molecule has 0 spiro atoms. The quantitative estimate of drug-likeness (QED) is 0.865. The maximum atomic E-state index is 11.0. The first-order chi connectivity index (χ1) is 9.58. The van der Waals surface area contributed by atoms with E-state index in [1.807, 2.05) is 6.07 Å². The molecule has 1 aromatic rings. The van der Waals surface area contributed by atoms with Gasteiger partial charge in [0.25, 0.3) is 0 Å². The molecule has 2 N–H and O–H groups in total. The van der Waals surface area contributed by atoms with Crippen molar-refractivity contribution >= 4 is 5.97 Å². The fourth-order valence-corrected chi connectivity index (χ4v) is 3.07. The van der Waals surface area contributed by atoms with Gasteiger partial charge in [0.05, 0.1) is 5.92 Å². The van der Waals surface area contributed by atoms with Gasteiger partial charge in [0, 0.05) is 12.1 Å². The first kappa shape index (κ1) is 15.0. The molecule has 0 amide bonds. The molecular weight excluding hydrogens is 250 g/mol. The van der Waals surface area contributed by atoms with Crippen LogP contribution in [0.15, 0.2) is 30.3 Å². The van der Waals surface area contributed by atoms with E-state index < -0.39 is 5.97 Å². The van der Waals surface area contributed by atoms with E-state index in [4.69, 9.17) is 5.11 Å². The van der Waals surface area contributed by atoms with Crippen LogP contribution in [0.2, 0.25) is 0 Å². The molecule has 0 aromatic heterocycles. The lowest BCUT2D eigenvalue weighted by Crippen LogP contribution is -2.42. The highest BCUT2D eigenvalue weighted by Crippen LogP contribution is 2.26. The molecule has 1 aliphatic rings. The van der Waals surface area contributed by atoms with Crippen molar-refractivity contribution in [3.63, 3.8) is 0 Å². The second-order valence-electron chi connectivity index (χ2n) is 6.04. The van der Waals surface area contributed by atoms with Gasteiger partial charge in [-0.15, -0.1) is 0 Å². The van der Waals surface area contributed by atoms with Crippen molar-refractivity contribution in [3.05, 3.63) is 35.9 Å². The van der Waals surface area contributed by atoms with Crippen LogP contribution < -0.4 is 5.32 Å². The molecule has 3 nitrogen and oxygen atoms in total. The Morgan fingerprint density at radius 3 is 2.30 bits per heavy atom. The van der Waals surface area contributed by atoms with Gasteiger partial charge < -0.3 is 10.4 Å². The van der Waals surface area contributed by atoms with Crippen LogP contribution in [0.4, 0.5) is 0 Å². The Bertz CT molecular complexity index is 424. The summed E-state index contributed by atoms with van der Waals surface area (Å²) in [6, 6.07) is 11.4. The van der Waals surface area contributed by atoms with E-state index >= 15 is 0 Å². The van der Waals surface area contributed by atoms with Crippen molar-refractivity contribution in [1.29, 1.82) is 0 Å². The zero-order valence-corrected chi connectivity index (χ0v) is 12.4. The monoisotopic (exact) mass is 275 g/mol. The van der Waals surface area contributed by atoms with Gasteiger partial charge >= 0.3 is 5.97 Å². The predicted molar refractivity (Wildman–Crippen MR) is 80.8 cm³/mol. The molecule has 110 valence electrons. The van der Waals surface area contributed by atoms with Crippen LogP contribution in [0.1, 0.15) is 51.0 Å². The normalized spacial score (nSPS) is 25.9. The molecule has 1 aromatic carbocycles. The third kappa shape index (κ3) is 3.83. The fraction of sp³-hybridized carbons (Fsp3) is 0.588. The molecule has 0 heterocycles. The van der Waals surface area contributed by atoms with Crippen LogP contribution in [-0.2, 0) is 4.79 Å². The molecule has 1 aliphatic carbocycles. The summed E-state index contributed by atoms with van der Waals surface area (Å²) in [7, 11) is 0. The van der Waals surface area contributed by atoms with Gasteiger partial charge in [-0.3, -0.25) is 4.79 Å². The summed E-state index contributed by atoms with van der Waals surface area (Å²) in [4.78, 5) is 11.0. The first-order valence-corrected chi connectivity index (χ1v) is 7.61. The molecule has 0 radical (unpaired) electrons. The van der Waals surface area contributed by atoms with Crippen molar-refractivity contribution in [2.75, 3.05) is 0 Å². The molecule has 0 aliphatic heterocycles. The molecule has 3 heteroatoms. The Labute approximate surface area is 121 Å². The zero-order valence-electron chi connectivity index (χ0n) is 12.4. The van der Waals surface area contributed by atoms with Crippen LogP contribution in [-0.4, -0.2) is 23.2 Å². The van der Waals surface area contributed by atoms with E-state index in [0.717, 1.165) is 25.7 Å². The minimum absolute atomic E-state index is 0.130. The highest BCUT2D eigenvalue weighted by atomic mass is 16.4. The molecular formula is C17H25NO2. The van der Waals surface area contributed by atoms with Crippen molar-refractivity contribution in [1.82, 2.24) is 5.32 Å². The number of hydrogen-bond acceptors (Lipinski definition) is 2. The number of hydrogen-bond donors (Lipinski definition) is 2. The largest absolute Gasteiger partial charge is 0.481 e. The minimum Gasteiger partial charge on any atom is -0.481 e. The summed E-state index contributed by atoms with van der Waals surface area (Å²) in [5.41, 5.74) is 1.35. The Balaban J connectivity index is 1.83. The topological polar surface area (TPSA) is 49.3 Å². The standard InChI is InChI=1S/C17H25NO2/c1-12(14-6-4-3-5-7-14)13(2)18-16-10-8-15(9-11-16)17(19)20/h3-7,12-13,15-16,18H,8-11H2,1-2H3,(H,19,20). The lowest BCUT2D eigenvalue weighted by Gasteiger charge is -2.32. The van der Waals surface area contributed by atoms with E-state index in [1.165, 1.54) is 5.56 Å². The van der Waals surface area contributed by atoms with Crippen molar-refractivity contribution in [2.45, 2.75) is 57.5 Å². The molecule has 0 bridgehead atoms. The Morgan fingerprint density at radius 1 is 1.15 bits per heavy atom. The summed E-state index contributed by atoms with van der Waals surface area (Å²) in [5, 5.41) is 12.7. The minimum atomic E-state index is -0.630. The summed E-state index contributed by atoms with van der Waals surface area (Å²) < 4.78 is 0. The van der Waals surface area contributed by atoms with Crippen LogP contribution in [0.5, 0.6) is 0 Å². The average molecular weight is 275 g/mol. The van der Waals surface area contributed by atoms with Crippen molar-refractivity contribution < 1.29 is 9.90 Å². The SMILES string of the molecule is CC(NC1CCC(C(=O)O)CC1)C(C)c1ccccc1. The van der Waals surface area contributed by atoms with Gasteiger partial charge in [-0.2, -0.15) is 0 Å². The summed E-state index contributed by atoms with van der Waals surface area (Å²) in [5.74, 6) is -0.294. The van der Waals surface area contributed by atoms with Crippen LogP contribution in [0.25, 0.3) is 0 Å². The highest BCUT2D eigenvalue weighted by molar-refractivity contribution is 5.70. The first-order valence-electron chi connectivity index (χ1n) is 7.61. The van der Waals surface area contributed by atoms with Crippen LogP contribution in [0, 0.1) is 5.92 Å². The number of nitrogens with one attached hydrogen (secondary N) is 1. The third-order valence-electron chi connectivity index (χ3n) is 4.65. The van der Waals surface area contributed by atoms with Crippen molar-refractivity contribution in [2.24, 2.45) is 5.92 Å². The van der Waals surface area contributed by atoms with Gasteiger partial charge in [0.2, 0.25) is 0 Å². The van der Waals surface area contributed by atoms with Crippen LogP contribution >= 0.6 is 0 Å². The Morgan fingerprint density at radius 2 is 1.75 bits per heavy atom. The van der Waals surface area contributed by atoms with Crippen molar-refractivity contribution in [3.8, 4) is 0 Å².